The zero-order valence-electron chi connectivity index (χ0n) is 13.3. The van der Waals surface area contributed by atoms with E-state index < -0.39 is 0 Å². The lowest BCUT2D eigenvalue weighted by Crippen LogP contribution is -2.45. The van der Waals surface area contributed by atoms with E-state index >= 15 is 0 Å². The molecule has 6 heteroatoms. The second-order valence-electron chi connectivity index (χ2n) is 4.80. The van der Waals surface area contributed by atoms with Crippen LogP contribution in [0.2, 0.25) is 0 Å². The highest BCUT2D eigenvalue weighted by Crippen LogP contribution is 2.33. The van der Waals surface area contributed by atoms with Gasteiger partial charge in [0, 0.05) is 37.2 Å². The number of nitrogens with zero attached hydrogens (tertiary/aromatic N) is 1. The number of piperidine rings is 1. The third kappa shape index (κ3) is 4.51. The molecular formula is C16H26N2O4. The van der Waals surface area contributed by atoms with Gasteiger partial charge in [-0.25, -0.2) is 5.90 Å². The first-order valence-corrected chi connectivity index (χ1v) is 7.65. The summed E-state index contributed by atoms with van der Waals surface area (Å²) in [7, 11) is 0. The average Bonchev–Trinajstić information content (AvgIpc) is 3.07. The Bertz CT molecular complexity index is 420. The summed E-state index contributed by atoms with van der Waals surface area (Å²) in [6.45, 7) is 7.29. The summed E-state index contributed by atoms with van der Waals surface area (Å²) in [6.07, 6.45) is 2.68. The Balaban J connectivity index is 0.000000561. The fourth-order valence-electron chi connectivity index (χ4n) is 2.65. The molecule has 0 saturated carbocycles. The van der Waals surface area contributed by atoms with E-state index in [1.807, 2.05) is 38.1 Å². The van der Waals surface area contributed by atoms with Gasteiger partial charge in [-0.3, -0.25) is 4.79 Å². The van der Waals surface area contributed by atoms with Crippen LogP contribution in [0, 0.1) is 0 Å². The third-order valence-electron chi connectivity index (χ3n) is 3.73. The van der Waals surface area contributed by atoms with E-state index in [-0.39, 0.29) is 5.79 Å². The number of ether oxygens (including phenoxy) is 2. The van der Waals surface area contributed by atoms with Gasteiger partial charge in [0.2, 0.25) is 0 Å². The minimum atomic E-state index is -0.320. The summed E-state index contributed by atoms with van der Waals surface area (Å²) in [6, 6.07) is 7.71. The summed E-state index contributed by atoms with van der Waals surface area (Å²) in [4.78, 5) is 12.9. The smallest absolute Gasteiger partial charge is 0.171 e. The van der Waals surface area contributed by atoms with Crippen LogP contribution in [0.5, 0.6) is 0 Å². The van der Waals surface area contributed by atoms with Crippen LogP contribution in [0.15, 0.2) is 24.3 Å². The lowest BCUT2D eigenvalue weighted by atomic mass is 10.0. The standard InChI is InChI=1S/C14H17NO3.C2H6.H3NO/c16-11-12-1-3-13(4-2-12)15-7-5-14(6-8-15)17-9-10-18-14;2*1-2/h1-4,11H,5-10H2;1-2H3;2H,1H2. The van der Waals surface area contributed by atoms with Gasteiger partial charge in [-0.1, -0.05) is 13.8 Å². The molecule has 1 aromatic carbocycles. The fourth-order valence-corrected chi connectivity index (χ4v) is 2.65. The average molecular weight is 310 g/mol. The molecule has 0 unspecified atom stereocenters. The monoisotopic (exact) mass is 310 g/mol. The number of anilines is 1. The molecule has 0 bridgehead atoms. The molecule has 3 N–H and O–H groups in total. The number of carbonyl (C=O) groups is 1. The van der Waals surface area contributed by atoms with Gasteiger partial charge >= 0.3 is 0 Å². The Hall–Kier alpha value is -1.47. The molecule has 0 aromatic heterocycles. The Morgan fingerprint density at radius 3 is 2.05 bits per heavy atom. The molecule has 3 rings (SSSR count). The topological polar surface area (TPSA) is 85.0 Å². The molecule has 2 aliphatic rings. The molecule has 1 spiro atoms. The lowest BCUT2D eigenvalue weighted by Gasteiger charge is -2.38. The first kappa shape index (κ1) is 18.6. The van der Waals surface area contributed by atoms with Crippen LogP contribution >= 0.6 is 0 Å². The molecule has 124 valence electrons. The molecule has 0 atom stereocenters. The Morgan fingerprint density at radius 2 is 1.59 bits per heavy atom. The number of rotatable bonds is 2. The number of carbonyl (C=O) groups excluding carboxylic acids is 1. The zero-order valence-corrected chi connectivity index (χ0v) is 13.3. The van der Waals surface area contributed by atoms with Crippen LogP contribution in [-0.4, -0.2) is 43.6 Å². The highest BCUT2D eigenvalue weighted by molar-refractivity contribution is 5.75. The Kier molecular flexibility index (Phi) is 8.05. The van der Waals surface area contributed by atoms with Gasteiger partial charge in [0.15, 0.2) is 5.79 Å². The maximum Gasteiger partial charge on any atom is 0.171 e. The molecule has 2 fully saturated rings. The summed E-state index contributed by atoms with van der Waals surface area (Å²) in [5.41, 5.74) is 1.88. The number of benzene rings is 1. The van der Waals surface area contributed by atoms with Crippen molar-refractivity contribution >= 4 is 12.0 Å². The molecule has 1 aromatic rings. The van der Waals surface area contributed by atoms with Gasteiger partial charge < -0.3 is 19.6 Å². The molecule has 0 aliphatic carbocycles. The van der Waals surface area contributed by atoms with Crippen molar-refractivity contribution < 1.29 is 19.5 Å². The quantitative estimate of drug-likeness (QED) is 0.643. The molecule has 0 radical (unpaired) electrons. The van der Waals surface area contributed by atoms with Gasteiger partial charge in [-0.05, 0) is 24.3 Å². The highest BCUT2D eigenvalue weighted by Gasteiger charge is 2.39. The van der Waals surface area contributed by atoms with Crippen LogP contribution in [-0.2, 0) is 9.47 Å². The summed E-state index contributed by atoms with van der Waals surface area (Å²) in [5.74, 6) is 3.18. The third-order valence-corrected chi connectivity index (χ3v) is 3.73. The minimum absolute atomic E-state index is 0.320. The lowest BCUT2D eigenvalue weighted by molar-refractivity contribution is -0.169. The van der Waals surface area contributed by atoms with Crippen molar-refractivity contribution in [2.45, 2.75) is 32.5 Å². The van der Waals surface area contributed by atoms with Crippen molar-refractivity contribution in [2.75, 3.05) is 31.2 Å². The van der Waals surface area contributed by atoms with Crippen LogP contribution in [0.25, 0.3) is 0 Å². The van der Waals surface area contributed by atoms with E-state index in [1.54, 1.807) is 0 Å². The second kappa shape index (κ2) is 9.53. The van der Waals surface area contributed by atoms with Gasteiger partial charge in [0.25, 0.3) is 0 Å². The number of nitrogens with two attached hydrogens (primary N) is 1. The number of aldehydes is 1. The van der Waals surface area contributed by atoms with E-state index in [0.29, 0.717) is 13.2 Å². The normalized spacial score (nSPS) is 18.8. The van der Waals surface area contributed by atoms with Gasteiger partial charge in [0.1, 0.15) is 6.29 Å². The van der Waals surface area contributed by atoms with Gasteiger partial charge in [-0.15, -0.1) is 0 Å². The van der Waals surface area contributed by atoms with E-state index in [9.17, 15) is 4.79 Å². The van der Waals surface area contributed by atoms with Gasteiger partial charge in [-0.2, -0.15) is 0 Å². The molecule has 2 saturated heterocycles. The molecule has 2 aliphatic heterocycles. The first-order chi connectivity index (χ1) is 10.8. The molecule has 6 nitrogen and oxygen atoms in total. The van der Waals surface area contributed by atoms with Crippen LogP contribution in [0.1, 0.15) is 37.0 Å². The van der Waals surface area contributed by atoms with Crippen molar-refractivity contribution in [1.29, 1.82) is 0 Å². The van der Waals surface area contributed by atoms with Gasteiger partial charge in [0.05, 0.1) is 13.2 Å². The molecule has 2 heterocycles. The minimum Gasteiger partial charge on any atom is -0.371 e. The van der Waals surface area contributed by atoms with E-state index in [4.69, 9.17) is 14.7 Å². The fraction of sp³-hybridized carbons (Fsp3) is 0.562. The van der Waals surface area contributed by atoms with Crippen LogP contribution in [0.3, 0.4) is 0 Å². The maximum absolute atomic E-state index is 10.6. The van der Waals surface area contributed by atoms with E-state index in [2.05, 4.69) is 10.8 Å². The predicted octanol–water partition coefficient (Wildman–Crippen LogP) is 2.20. The highest BCUT2D eigenvalue weighted by atomic mass is 16.7. The number of hydrogen-bond acceptors (Lipinski definition) is 6. The van der Waals surface area contributed by atoms with Crippen molar-refractivity contribution in [1.82, 2.24) is 0 Å². The van der Waals surface area contributed by atoms with E-state index in [1.165, 1.54) is 0 Å². The maximum atomic E-state index is 10.6. The summed E-state index contributed by atoms with van der Waals surface area (Å²) >= 11 is 0. The van der Waals surface area contributed by atoms with Crippen molar-refractivity contribution in [3.8, 4) is 0 Å². The van der Waals surface area contributed by atoms with Crippen molar-refractivity contribution in [3.05, 3.63) is 29.8 Å². The zero-order chi connectivity index (χ0) is 16.4. The second-order valence-corrected chi connectivity index (χ2v) is 4.80. The Labute approximate surface area is 131 Å². The molecular weight excluding hydrogens is 284 g/mol. The summed E-state index contributed by atoms with van der Waals surface area (Å²) < 4.78 is 11.4. The van der Waals surface area contributed by atoms with E-state index in [0.717, 1.165) is 43.5 Å². The van der Waals surface area contributed by atoms with Crippen LogP contribution in [0.4, 0.5) is 5.69 Å². The van der Waals surface area contributed by atoms with Crippen LogP contribution < -0.4 is 10.8 Å². The predicted molar refractivity (Wildman–Crippen MR) is 85.2 cm³/mol. The summed E-state index contributed by atoms with van der Waals surface area (Å²) in [5, 5.41) is 6.50. The first-order valence-electron chi connectivity index (χ1n) is 7.65. The molecule has 0 amide bonds. The van der Waals surface area contributed by atoms with Crippen molar-refractivity contribution in [2.24, 2.45) is 5.90 Å². The Morgan fingerprint density at radius 1 is 1.09 bits per heavy atom. The van der Waals surface area contributed by atoms with Crippen molar-refractivity contribution in [3.63, 3.8) is 0 Å². The largest absolute Gasteiger partial charge is 0.371 e. The number of hydrogen-bond donors (Lipinski definition) is 2. The molecule has 22 heavy (non-hydrogen) atoms. The SMILES string of the molecule is CC.NO.O=Cc1ccc(N2CCC3(CC2)OCCO3)cc1.